The summed E-state index contributed by atoms with van der Waals surface area (Å²) in [4.78, 5) is 34.8. The number of hydrogen-bond acceptors (Lipinski definition) is 9. The van der Waals surface area contributed by atoms with Gasteiger partial charge in [-0.2, -0.15) is 0 Å². The van der Waals surface area contributed by atoms with E-state index in [0.29, 0.717) is 12.8 Å². The third-order valence-corrected chi connectivity index (χ3v) is 9.37. The van der Waals surface area contributed by atoms with Crippen molar-refractivity contribution in [2.45, 2.75) is 193 Å². The van der Waals surface area contributed by atoms with Crippen LogP contribution in [-0.2, 0) is 32.7 Å². The molecule has 1 unspecified atom stereocenters. The topological polar surface area (TPSA) is 149 Å². The molecule has 0 fully saturated rings. The Balaban J connectivity index is 4.36. The largest absolute Gasteiger partial charge is 0.472 e. The van der Waals surface area contributed by atoms with E-state index in [1.165, 1.54) is 96.3 Å². The predicted octanol–water partition coefficient (Wildman–Crippen LogP) is 9.67. The van der Waals surface area contributed by atoms with Gasteiger partial charge in [-0.3, -0.25) is 18.6 Å². The number of ether oxygens (including phenoxy) is 2. The summed E-state index contributed by atoms with van der Waals surface area (Å²) in [6.07, 6.45) is 30.4. The monoisotopic (exact) mass is 720 g/mol. The molecule has 0 heterocycles. The van der Waals surface area contributed by atoms with Crippen LogP contribution >= 0.6 is 7.82 Å². The van der Waals surface area contributed by atoms with E-state index in [-0.39, 0.29) is 19.4 Å². The SMILES string of the molecule is CCCCCCCCCC/C=C/CCCCCC(=O)O[C@H](COC(=O)CCCCCCCCCCCCC)COP(=O)(O)OC[C@@H](O)CO. The second-order valence-electron chi connectivity index (χ2n) is 13.3. The van der Waals surface area contributed by atoms with Gasteiger partial charge >= 0.3 is 19.8 Å². The van der Waals surface area contributed by atoms with Crippen molar-refractivity contribution >= 4 is 19.8 Å². The maximum absolute atomic E-state index is 12.5. The molecule has 0 bridgehead atoms. The number of carbonyl (C=O) groups is 2. The highest BCUT2D eigenvalue weighted by Gasteiger charge is 2.27. The Bertz CT molecular complexity index is 837. The molecule has 0 amide bonds. The van der Waals surface area contributed by atoms with E-state index in [4.69, 9.17) is 19.1 Å². The van der Waals surface area contributed by atoms with Crippen LogP contribution in [-0.4, -0.2) is 65.7 Å². The fourth-order valence-electron chi connectivity index (χ4n) is 5.34. The van der Waals surface area contributed by atoms with Gasteiger partial charge in [0.05, 0.1) is 19.8 Å². The number of aliphatic hydroxyl groups is 2. The van der Waals surface area contributed by atoms with E-state index in [2.05, 4.69) is 30.5 Å². The molecule has 10 nitrogen and oxygen atoms in total. The van der Waals surface area contributed by atoms with E-state index in [1.54, 1.807) is 0 Å². The average molecular weight is 721 g/mol. The van der Waals surface area contributed by atoms with Crippen LogP contribution in [0.15, 0.2) is 12.2 Å². The number of unbranched alkanes of at least 4 members (excludes halogenated alkanes) is 21. The van der Waals surface area contributed by atoms with Crippen molar-refractivity contribution < 1.29 is 47.8 Å². The van der Waals surface area contributed by atoms with Crippen molar-refractivity contribution in [3.63, 3.8) is 0 Å². The van der Waals surface area contributed by atoms with Crippen molar-refractivity contribution in [1.82, 2.24) is 0 Å². The van der Waals surface area contributed by atoms with Crippen molar-refractivity contribution in [3.05, 3.63) is 12.2 Å². The Kier molecular flexibility index (Phi) is 34.2. The third-order valence-electron chi connectivity index (χ3n) is 8.42. The minimum absolute atomic E-state index is 0.168. The summed E-state index contributed by atoms with van der Waals surface area (Å²) in [5.74, 6) is -0.938. The van der Waals surface area contributed by atoms with Gasteiger partial charge in [-0.1, -0.05) is 142 Å². The number of rotatable bonds is 37. The van der Waals surface area contributed by atoms with Gasteiger partial charge in [0.2, 0.25) is 0 Å². The van der Waals surface area contributed by atoms with E-state index < -0.39 is 51.8 Å². The zero-order valence-corrected chi connectivity index (χ0v) is 32.1. The smallest absolute Gasteiger partial charge is 0.462 e. The summed E-state index contributed by atoms with van der Waals surface area (Å²) in [5, 5.41) is 18.3. The molecule has 0 radical (unpaired) electrons. The number of hydrogen-bond donors (Lipinski definition) is 3. The van der Waals surface area contributed by atoms with Crippen LogP contribution in [0.2, 0.25) is 0 Å². The van der Waals surface area contributed by atoms with E-state index >= 15 is 0 Å². The number of esters is 2. The molecule has 0 aliphatic rings. The van der Waals surface area contributed by atoms with Gasteiger partial charge in [-0.05, 0) is 38.5 Å². The quantitative estimate of drug-likeness (QED) is 0.0245. The fraction of sp³-hybridized carbons (Fsp3) is 0.895. The van der Waals surface area contributed by atoms with Crippen LogP contribution < -0.4 is 0 Å². The molecule has 49 heavy (non-hydrogen) atoms. The normalized spacial score (nSPS) is 14.1. The third kappa shape index (κ3) is 34.9. The van der Waals surface area contributed by atoms with Gasteiger partial charge in [-0.15, -0.1) is 0 Å². The van der Waals surface area contributed by atoms with Crippen molar-refractivity contribution in [2.75, 3.05) is 26.4 Å². The lowest BCUT2D eigenvalue weighted by Crippen LogP contribution is -2.29. The second-order valence-corrected chi connectivity index (χ2v) is 14.8. The first-order valence-electron chi connectivity index (χ1n) is 19.6. The first kappa shape index (κ1) is 47.7. The Morgan fingerprint density at radius 3 is 1.49 bits per heavy atom. The highest BCUT2D eigenvalue weighted by Crippen LogP contribution is 2.43. The minimum atomic E-state index is -4.61. The number of allylic oxidation sites excluding steroid dienone is 2. The molecule has 0 aliphatic carbocycles. The number of phosphoric acid groups is 1. The van der Waals surface area contributed by atoms with Crippen molar-refractivity contribution in [3.8, 4) is 0 Å². The molecule has 11 heteroatoms. The molecule has 290 valence electrons. The maximum atomic E-state index is 12.5. The summed E-state index contributed by atoms with van der Waals surface area (Å²) in [5.41, 5.74) is 0. The average Bonchev–Trinajstić information content (AvgIpc) is 3.09. The summed E-state index contributed by atoms with van der Waals surface area (Å²) >= 11 is 0. The second kappa shape index (κ2) is 35.1. The standard InChI is InChI=1S/C38H73O10P/c1-3-5-7-9-11-13-15-16-17-18-20-22-24-26-28-30-38(42)48-36(34-47-49(43,44)46-32-35(40)31-39)33-45-37(41)29-27-25-23-21-19-14-12-10-8-6-4-2/h18,20,35-36,39-40H,3-17,19,21-34H2,1-2H3,(H,43,44)/b20-18+/t35-,36+/m0/s1. The van der Waals surface area contributed by atoms with E-state index in [0.717, 1.165) is 44.9 Å². The Hall–Kier alpha value is -1.29. The van der Waals surface area contributed by atoms with E-state index in [9.17, 15) is 24.2 Å². The summed E-state index contributed by atoms with van der Waals surface area (Å²) in [6.45, 7) is 2.35. The van der Waals surface area contributed by atoms with Crippen molar-refractivity contribution in [2.24, 2.45) is 0 Å². The zero-order chi connectivity index (χ0) is 36.3. The number of aliphatic hydroxyl groups excluding tert-OH is 2. The van der Waals surface area contributed by atoms with Crippen LogP contribution in [0.25, 0.3) is 0 Å². The van der Waals surface area contributed by atoms with Gasteiger partial charge in [0.1, 0.15) is 12.7 Å². The number of phosphoric ester groups is 1. The Labute approximate surface area is 298 Å². The Morgan fingerprint density at radius 2 is 1.00 bits per heavy atom. The molecule has 0 saturated carbocycles. The lowest BCUT2D eigenvalue weighted by molar-refractivity contribution is -0.161. The molecule has 0 rings (SSSR count). The summed E-state index contributed by atoms with van der Waals surface area (Å²) in [7, 11) is -4.61. The zero-order valence-electron chi connectivity index (χ0n) is 31.2. The van der Waals surface area contributed by atoms with Crippen LogP contribution in [0.5, 0.6) is 0 Å². The molecule has 3 atom stereocenters. The minimum Gasteiger partial charge on any atom is -0.462 e. The number of carbonyl (C=O) groups excluding carboxylic acids is 2. The van der Waals surface area contributed by atoms with Crippen LogP contribution in [0, 0.1) is 0 Å². The molecule has 0 aliphatic heterocycles. The molecular formula is C38H73O10P. The molecule has 0 aromatic carbocycles. The van der Waals surface area contributed by atoms with Gasteiger partial charge in [0.25, 0.3) is 0 Å². The summed E-state index contributed by atoms with van der Waals surface area (Å²) < 4.78 is 32.6. The van der Waals surface area contributed by atoms with Gasteiger partial charge in [0.15, 0.2) is 6.10 Å². The highest BCUT2D eigenvalue weighted by atomic mass is 31.2. The van der Waals surface area contributed by atoms with Gasteiger partial charge in [0, 0.05) is 12.8 Å². The molecular weight excluding hydrogens is 647 g/mol. The van der Waals surface area contributed by atoms with Crippen LogP contribution in [0.4, 0.5) is 0 Å². The lowest BCUT2D eigenvalue weighted by atomic mass is 10.1. The van der Waals surface area contributed by atoms with E-state index in [1.807, 2.05) is 0 Å². The lowest BCUT2D eigenvalue weighted by Gasteiger charge is -2.20. The van der Waals surface area contributed by atoms with Crippen molar-refractivity contribution in [1.29, 1.82) is 0 Å². The first-order chi connectivity index (χ1) is 23.7. The van der Waals surface area contributed by atoms with Gasteiger partial charge < -0.3 is 24.6 Å². The fourth-order valence-corrected chi connectivity index (χ4v) is 6.13. The van der Waals surface area contributed by atoms with Crippen LogP contribution in [0.3, 0.4) is 0 Å². The first-order valence-corrected chi connectivity index (χ1v) is 21.1. The Morgan fingerprint density at radius 1 is 0.592 bits per heavy atom. The molecule has 0 aromatic rings. The molecule has 0 saturated heterocycles. The maximum Gasteiger partial charge on any atom is 0.472 e. The summed E-state index contributed by atoms with van der Waals surface area (Å²) in [6, 6.07) is 0. The molecule has 0 aromatic heterocycles. The molecule has 3 N–H and O–H groups in total. The highest BCUT2D eigenvalue weighted by molar-refractivity contribution is 7.47. The predicted molar refractivity (Wildman–Crippen MR) is 196 cm³/mol. The van der Waals surface area contributed by atoms with Gasteiger partial charge in [-0.25, -0.2) is 4.57 Å². The van der Waals surface area contributed by atoms with Crippen LogP contribution in [0.1, 0.15) is 181 Å². The molecule has 0 spiro atoms.